The summed E-state index contributed by atoms with van der Waals surface area (Å²) in [7, 11) is 0. The molecule has 6 nitrogen and oxygen atoms in total. The lowest BCUT2D eigenvalue weighted by Crippen LogP contribution is -2.38. The summed E-state index contributed by atoms with van der Waals surface area (Å²) in [5.74, 6) is 1.76. The van der Waals surface area contributed by atoms with Crippen LogP contribution in [0.4, 0.5) is 10.3 Å². The number of halogens is 1. The van der Waals surface area contributed by atoms with Crippen LogP contribution in [-0.2, 0) is 11.3 Å². The number of benzene rings is 1. The van der Waals surface area contributed by atoms with Crippen LogP contribution in [0.15, 0.2) is 36.5 Å². The Morgan fingerprint density at radius 3 is 2.75 bits per heavy atom. The van der Waals surface area contributed by atoms with Gasteiger partial charge in [-0.1, -0.05) is 0 Å². The van der Waals surface area contributed by atoms with Crippen LogP contribution >= 0.6 is 0 Å². The highest BCUT2D eigenvalue weighted by Crippen LogP contribution is 2.21. The minimum Gasteiger partial charge on any atom is -0.493 e. The summed E-state index contributed by atoms with van der Waals surface area (Å²) in [6, 6.07) is 8.24. The van der Waals surface area contributed by atoms with E-state index in [1.54, 1.807) is 12.1 Å². The molecule has 2 aliphatic rings. The van der Waals surface area contributed by atoms with Crippen LogP contribution in [0.1, 0.15) is 18.5 Å². The van der Waals surface area contributed by atoms with Gasteiger partial charge in [0.25, 0.3) is 0 Å². The molecule has 2 saturated heterocycles. The molecule has 1 aromatic heterocycles. The van der Waals surface area contributed by atoms with E-state index in [-0.39, 0.29) is 5.82 Å². The second-order valence-electron chi connectivity index (χ2n) is 7.46. The SMILES string of the molecule is Fc1ccc(OC[C@@H]2CCCN(Cc3ccnc(N4CCOCC4)n3)C2)cc1. The van der Waals surface area contributed by atoms with Gasteiger partial charge in [0.1, 0.15) is 11.6 Å². The van der Waals surface area contributed by atoms with Crippen LogP contribution in [-0.4, -0.2) is 60.9 Å². The zero-order valence-corrected chi connectivity index (χ0v) is 16.1. The van der Waals surface area contributed by atoms with Crippen molar-refractivity contribution in [2.75, 3.05) is 50.9 Å². The molecular weight excluding hydrogens is 359 g/mol. The third-order valence-electron chi connectivity index (χ3n) is 5.28. The van der Waals surface area contributed by atoms with Crippen LogP contribution in [0, 0.1) is 11.7 Å². The van der Waals surface area contributed by atoms with Crippen LogP contribution in [0.25, 0.3) is 0 Å². The topological polar surface area (TPSA) is 50.7 Å². The first kappa shape index (κ1) is 19.1. The Hall–Kier alpha value is -2.25. The van der Waals surface area contributed by atoms with Crippen molar-refractivity contribution >= 4 is 5.95 Å². The molecule has 4 rings (SSSR count). The van der Waals surface area contributed by atoms with E-state index < -0.39 is 0 Å². The molecule has 2 aromatic rings. The van der Waals surface area contributed by atoms with Crippen LogP contribution in [0.2, 0.25) is 0 Å². The molecule has 28 heavy (non-hydrogen) atoms. The number of aromatic nitrogens is 2. The third-order valence-corrected chi connectivity index (χ3v) is 5.28. The zero-order valence-electron chi connectivity index (χ0n) is 16.1. The summed E-state index contributed by atoms with van der Waals surface area (Å²) in [6.45, 7) is 6.69. The number of nitrogens with zero attached hydrogens (tertiary/aromatic N) is 4. The lowest BCUT2D eigenvalue weighted by atomic mass is 9.99. The van der Waals surface area contributed by atoms with Gasteiger partial charge in [-0.2, -0.15) is 0 Å². The Morgan fingerprint density at radius 2 is 1.93 bits per heavy atom. The van der Waals surface area contributed by atoms with Crippen molar-refractivity contribution in [1.82, 2.24) is 14.9 Å². The molecule has 0 saturated carbocycles. The fourth-order valence-electron chi connectivity index (χ4n) is 3.79. The van der Waals surface area contributed by atoms with E-state index in [0.717, 1.165) is 76.2 Å². The molecule has 2 fully saturated rings. The molecular formula is C21H27FN4O2. The smallest absolute Gasteiger partial charge is 0.225 e. The average molecular weight is 386 g/mol. The number of anilines is 1. The van der Waals surface area contributed by atoms with Gasteiger partial charge in [0.05, 0.1) is 25.5 Å². The van der Waals surface area contributed by atoms with Crippen LogP contribution in [0.3, 0.4) is 0 Å². The minimum absolute atomic E-state index is 0.238. The molecule has 0 amide bonds. The van der Waals surface area contributed by atoms with E-state index in [2.05, 4.69) is 14.8 Å². The Labute approximate surface area is 165 Å². The number of hydrogen-bond acceptors (Lipinski definition) is 6. The number of ether oxygens (including phenoxy) is 2. The zero-order chi connectivity index (χ0) is 19.2. The lowest BCUT2D eigenvalue weighted by Gasteiger charge is -2.32. The summed E-state index contributed by atoms with van der Waals surface area (Å²) in [6.07, 6.45) is 4.16. The number of rotatable bonds is 6. The standard InChI is InChI=1S/C21H27FN4O2/c22-18-3-5-20(6-4-18)28-16-17-2-1-9-25(14-17)15-19-7-8-23-21(24-19)26-10-12-27-13-11-26/h3-8,17H,1-2,9-16H2/t17-/m1/s1. The molecule has 7 heteroatoms. The molecule has 0 N–H and O–H groups in total. The van der Waals surface area contributed by atoms with Crippen molar-refractivity contribution in [3.63, 3.8) is 0 Å². The van der Waals surface area contributed by atoms with E-state index in [0.29, 0.717) is 12.5 Å². The average Bonchev–Trinajstić information content (AvgIpc) is 2.74. The van der Waals surface area contributed by atoms with Crippen molar-refractivity contribution in [2.24, 2.45) is 5.92 Å². The molecule has 0 unspecified atom stereocenters. The molecule has 150 valence electrons. The van der Waals surface area contributed by atoms with Crippen molar-refractivity contribution in [2.45, 2.75) is 19.4 Å². The maximum Gasteiger partial charge on any atom is 0.225 e. The number of hydrogen-bond donors (Lipinski definition) is 0. The maximum absolute atomic E-state index is 13.0. The van der Waals surface area contributed by atoms with Crippen molar-refractivity contribution < 1.29 is 13.9 Å². The van der Waals surface area contributed by atoms with E-state index in [4.69, 9.17) is 14.5 Å². The van der Waals surface area contributed by atoms with Gasteiger partial charge in [0.15, 0.2) is 0 Å². The highest BCUT2D eigenvalue weighted by Gasteiger charge is 2.21. The predicted molar refractivity (Wildman–Crippen MR) is 105 cm³/mol. The van der Waals surface area contributed by atoms with E-state index >= 15 is 0 Å². The highest BCUT2D eigenvalue weighted by atomic mass is 19.1. The quantitative estimate of drug-likeness (QED) is 0.761. The van der Waals surface area contributed by atoms with Gasteiger partial charge in [-0.25, -0.2) is 14.4 Å². The second-order valence-corrected chi connectivity index (χ2v) is 7.46. The highest BCUT2D eigenvalue weighted by molar-refractivity contribution is 5.30. The minimum atomic E-state index is -0.238. The Morgan fingerprint density at radius 1 is 1.11 bits per heavy atom. The summed E-state index contributed by atoms with van der Waals surface area (Å²) >= 11 is 0. The van der Waals surface area contributed by atoms with Gasteiger partial charge in [-0.15, -0.1) is 0 Å². The summed E-state index contributed by atoms with van der Waals surface area (Å²) in [5.41, 5.74) is 1.05. The van der Waals surface area contributed by atoms with Gasteiger partial charge < -0.3 is 14.4 Å². The monoisotopic (exact) mass is 386 g/mol. The van der Waals surface area contributed by atoms with Gasteiger partial charge in [0.2, 0.25) is 5.95 Å². The van der Waals surface area contributed by atoms with Gasteiger partial charge >= 0.3 is 0 Å². The van der Waals surface area contributed by atoms with E-state index in [9.17, 15) is 4.39 Å². The largest absolute Gasteiger partial charge is 0.493 e. The fraction of sp³-hybridized carbons (Fsp3) is 0.524. The molecule has 3 heterocycles. The first-order valence-electron chi connectivity index (χ1n) is 10.0. The molecule has 1 atom stereocenters. The molecule has 2 aliphatic heterocycles. The van der Waals surface area contributed by atoms with Gasteiger partial charge in [-0.3, -0.25) is 4.90 Å². The Bertz CT molecular complexity index is 752. The van der Waals surface area contributed by atoms with Gasteiger partial charge in [0, 0.05) is 38.3 Å². The van der Waals surface area contributed by atoms with E-state index in [1.807, 2.05) is 12.3 Å². The fourth-order valence-corrected chi connectivity index (χ4v) is 3.79. The summed E-state index contributed by atoms with van der Waals surface area (Å²) < 4.78 is 24.3. The number of likely N-dealkylation sites (tertiary alicyclic amines) is 1. The van der Waals surface area contributed by atoms with Crippen molar-refractivity contribution in [3.8, 4) is 5.75 Å². The maximum atomic E-state index is 13.0. The number of morpholine rings is 1. The number of piperidine rings is 1. The first-order valence-corrected chi connectivity index (χ1v) is 10.0. The molecule has 1 aromatic carbocycles. The van der Waals surface area contributed by atoms with Crippen molar-refractivity contribution in [3.05, 3.63) is 48.0 Å². The van der Waals surface area contributed by atoms with Crippen molar-refractivity contribution in [1.29, 1.82) is 0 Å². The molecule has 0 radical (unpaired) electrons. The predicted octanol–water partition coefficient (Wildman–Crippen LogP) is 2.74. The third kappa shape index (κ3) is 5.17. The first-order chi connectivity index (χ1) is 13.8. The van der Waals surface area contributed by atoms with Crippen LogP contribution < -0.4 is 9.64 Å². The van der Waals surface area contributed by atoms with E-state index in [1.165, 1.54) is 12.1 Å². The summed E-state index contributed by atoms with van der Waals surface area (Å²) in [4.78, 5) is 13.8. The normalized spacial score (nSPS) is 20.9. The second kappa shape index (κ2) is 9.30. The Balaban J connectivity index is 1.30. The molecule has 0 bridgehead atoms. The molecule has 0 aliphatic carbocycles. The Kier molecular flexibility index (Phi) is 6.34. The molecule has 0 spiro atoms. The van der Waals surface area contributed by atoms with Crippen LogP contribution in [0.5, 0.6) is 5.75 Å². The lowest BCUT2D eigenvalue weighted by molar-refractivity contribution is 0.121. The van der Waals surface area contributed by atoms with Gasteiger partial charge in [-0.05, 0) is 49.7 Å². The summed E-state index contributed by atoms with van der Waals surface area (Å²) in [5, 5.41) is 0.